The number of carboxylic acid groups (broad SMARTS) is 1. The van der Waals surface area contributed by atoms with Crippen molar-refractivity contribution in [1.82, 2.24) is 4.90 Å². The van der Waals surface area contributed by atoms with Gasteiger partial charge >= 0.3 is 5.97 Å². The Balaban J connectivity index is 2.27. The average Bonchev–Trinajstić information content (AvgIpc) is 2.88. The smallest absolute Gasteiger partial charge is 0.345 e. The highest BCUT2D eigenvalue weighted by Crippen LogP contribution is 2.14. The van der Waals surface area contributed by atoms with Crippen molar-refractivity contribution in [1.29, 1.82) is 0 Å². The molecule has 5 heteroatoms. The molecule has 0 aliphatic carbocycles. The summed E-state index contributed by atoms with van der Waals surface area (Å²) < 4.78 is 1.90. The first-order valence-corrected chi connectivity index (χ1v) is 9.33. The van der Waals surface area contributed by atoms with Crippen LogP contribution in [0.25, 0.3) is 0 Å². The van der Waals surface area contributed by atoms with E-state index in [0.29, 0.717) is 6.54 Å². The predicted octanol–water partition coefficient (Wildman–Crippen LogP) is 3.06. The first-order valence-electron chi connectivity index (χ1n) is 9.33. The maximum absolute atomic E-state index is 11.0. The van der Waals surface area contributed by atoms with Crippen molar-refractivity contribution in [2.45, 2.75) is 84.3 Å². The second-order valence-electron chi connectivity index (χ2n) is 6.64. The molecule has 0 bridgehead atoms. The zero-order valence-electron chi connectivity index (χ0n) is 15.0. The molecule has 0 saturated carbocycles. The lowest BCUT2D eigenvalue weighted by Gasteiger charge is -2.16. The highest BCUT2D eigenvalue weighted by molar-refractivity contribution is 5.80. The van der Waals surface area contributed by atoms with Crippen molar-refractivity contribution >= 4 is 11.8 Å². The molecule has 5 nitrogen and oxygen atoms in total. The Kier molecular flexibility index (Phi) is 9.92. The third kappa shape index (κ3) is 7.82. The van der Waals surface area contributed by atoms with Crippen LogP contribution in [0.4, 0.5) is 0 Å². The summed E-state index contributed by atoms with van der Waals surface area (Å²) in [6.07, 6.45) is 11.9. The molecular weight excluding hydrogens is 292 g/mol. The van der Waals surface area contributed by atoms with Crippen LogP contribution < -0.4 is 0 Å². The average molecular weight is 327 g/mol. The molecule has 1 unspecified atom stereocenters. The molecule has 0 saturated heterocycles. The number of hydrogen-bond acceptors (Lipinski definition) is 3. The van der Waals surface area contributed by atoms with Gasteiger partial charge in [-0.3, -0.25) is 4.58 Å². The SMILES string of the molecule is CCCCCCCCCCCC1=[N+](CC(=O)O)CCN1C(C)O. The molecule has 0 spiro atoms. The molecule has 0 aromatic carbocycles. The fraction of sp³-hybridized carbons (Fsp3) is 0.889. The molecule has 23 heavy (non-hydrogen) atoms. The fourth-order valence-electron chi connectivity index (χ4n) is 3.30. The van der Waals surface area contributed by atoms with Gasteiger partial charge in [-0.2, -0.15) is 0 Å². The molecular formula is C18H35N2O3+. The summed E-state index contributed by atoms with van der Waals surface area (Å²) in [5, 5.41) is 18.9. The molecule has 1 aliphatic heterocycles. The molecule has 0 amide bonds. The van der Waals surface area contributed by atoms with E-state index in [1.165, 1.54) is 51.4 Å². The number of aliphatic carboxylic acids is 1. The van der Waals surface area contributed by atoms with Crippen molar-refractivity contribution in [2.75, 3.05) is 19.6 Å². The van der Waals surface area contributed by atoms with E-state index in [9.17, 15) is 9.90 Å². The minimum absolute atomic E-state index is 0.0377. The van der Waals surface area contributed by atoms with Gasteiger partial charge in [0.15, 0.2) is 12.8 Å². The molecule has 0 fully saturated rings. The number of rotatable bonds is 13. The Morgan fingerprint density at radius 1 is 1.13 bits per heavy atom. The van der Waals surface area contributed by atoms with Gasteiger partial charge in [0.2, 0.25) is 5.84 Å². The number of carboxylic acids is 1. The van der Waals surface area contributed by atoms with Gasteiger partial charge in [-0.25, -0.2) is 9.69 Å². The summed E-state index contributed by atoms with van der Waals surface area (Å²) in [4.78, 5) is 12.9. The Bertz CT molecular complexity index is 380. The number of hydrogen-bond donors (Lipinski definition) is 2. The lowest BCUT2D eigenvalue weighted by atomic mass is 10.1. The van der Waals surface area contributed by atoms with Crippen LogP contribution in [0.1, 0.15) is 78.1 Å². The first-order chi connectivity index (χ1) is 11.1. The first kappa shape index (κ1) is 19.9. The minimum Gasteiger partial charge on any atom is -0.478 e. The minimum atomic E-state index is -0.804. The van der Waals surface area contributed by atoms with Gasteiger partial charge in [-0.05, 0) is 6.42 Å². The van der Waals surface area contributed by atoms with Gasteiger partial charge in [0.25, 0.3) is 0 Å². The number of unbranched alkanes of at least 4 members (excludes halogenated alkanes) is 8. The summed E-state index contributed by atoms with van der Waals surface area (Å²) in [6.45, 7) is 5.45. The molecule has 0 radical (unpaired) electrons. The number of aliphatic hydroxyl groups excluding tert-OH is 1. The largest absolute Gasteiger partial charge is 0.478 e. The molecule has 1 rings (SSSR count). The second kappa shape index (κ2) is 11.4. The molecule has 1 heterocycles. The summed E-state index contributed by atoms with van der Waals surface area (Å²) in [5.74, 6) is 0.201. The van der Waals surface area contributed by atoms with E-state index in [2.05, 4.69) is 6.92 Å². The number of carbonyl (C=O) groups is 1. The van der Waals surface area contributed by atoms with Crippen molar-refractivity contribution < 1.29 is 19.6 Å². The summed E-state index contributed by atoms with van der Waals surface area (Å²) in [7, 11) is 0. The van der Waals surface area contributed by atoms with E-state index in [1.807, 2.05) is 9.48 Å². The van der Waals surface area contributed by atoms with Gasteiger partial charge in [-0.1, -0.05) is 58.3 Å². The van der Waals surface area contributed by atoms with Gasteiger partial charge in [-0.15, -0.1) is 0 Å². The van der Waals surface area contributed by atoms with Crippen LogP contribution in [0.3, 0.4) is 0 Å². The monoisotopic (exact) mass is 327 g/mol. The molecule has 1 atom stereocenters. The van der Waals surface area contributed by atoms with E-state index < -0.39 is 12.2 Å². The van der Waals surface area contributed by atoms with Crippen molar-refractivity contribution in [3.05, 3.63) is 0 Å². The maximum Gasteiger partial charge on any atom is 0.345 e. The maximum atomic E-state index is 11.0. The van der Waals surface area contributed by atoms with Gasteiger partial charge in [0.05, 0.1) is 0 Å². The van der Waals surface area contributed by atoms with Gasteiger partial charge in [0, 0.05) is 13.3 Å². The Labute approximate surface area is 141 Å². The number of amidine groups is 1. The van der Waals surface area contributed by atoms with Crippen LogP contribution in [0, 0.1) is 0 Å². The van der Waals surface area contributed by atoms with Crippen LogP contribution >= 0.6 is 0 Å². The van der Waals surface area contributed by atoms with Crippen LogP contribution in [0.15, 0.2) is 0 Å². The van der Waals surface area contributed by atoms with Crippen molar-refractivity contribution in [3.8, 4) is 0 Å². The van der Waals surface area contributed by atoms with Crippen LogP contribution in [-0.4, -0.2) is 57.4 Å². The number of aliphatic hydroxyl groups is 1. The molecule has 134 valence electrons. The van der Waals surface area contributed by atoms with E-state index in [4.69, 9.17) is 5.11 Å². The molecule has 2 N–H and O–H groups in total. The summed E-state index contributed by atoms with van der Waals surface area (Å²) >= 11 is 0. The third-order valence-corrected chi connectivity index (χ3v) is 4.59. The Morgan fingerprint density at radius 3 is 2.22 bits per heavy atom. The fourth-order valence-corrected chi connectivity index (χ4v) is 3.30. The lowest BCUT2D eigenvalue weighted by Crippen LogP contribution is -2.37. The van der Waals surface area contributed by atoms with Crippen LogP contribution in [-0.2, 0) is 4.79 Å². The van der Waals surface area contributed by atoms with Crippen molar-refractivity contribution in [3.63, 3.8) is 0 Å². The van der Waals surface area contributed by atoms with Gasteiger partial charge < -0.3 is 10.2 Å². The summed E-state index contributed by atoms with van der Waals surface area (Å²) in [5.41, 5.74) is 0. The topological polar surface area (TPSA) is 63.8 Å². The second-order valence-corrected chi connectivity index (χ2v) is 6.64. The summed E-state index contributed by atoms with van der Waals surface area (Å²) in [6, 6.07) is 0. The molecule has 0 aromatic rings. The zero-order chi connectivity index (χ0) is 17.1. The Hall–Kier alpha value is -1.10. The Morgan fingerprint density at radius 2 is 1.70 bits per heavy atom. The van der Waals surface area contributed by atoms with Gasteiger partial charge in [0.1, 0.15) is 13.1 Å². The third-order valence-electron chi connectivity index (χ3n) is 4.59. The van der Waals surface area contributed by atoms with E-state index in [-0.39, 0.29) is 6.54 Å². The normalized spacial score (nSPS) is 16.2. The van der Waals surface area contributed by atoms with E-state index >= 15 is 0 Å². The predicted molar refractivity (Wildman–Crippen MR) is 92.9 cm³/mol. The lowest BCUT2D eigenvalue weighted by molar-refractivity contribution is -0.509. The quantitative estimate of drug-likeness (QED) is 0.403. The standard InChI is InChI=1S/C18H34N2O3/c1-3-4-5-6-7-8-9-10-11-12-17-19(15-18(22)23)13-14-20(17)16(2)21/h16,21H,3-15H2,1-2H3/p+1. The van der Waals surface area contributed by atoms with Crippen LogP contribution in [0.2, 0.25) is 0 Å². The highest BCUT2D eigenvalue weighted by Gasteiger charge is 2.33. The van der Waals surface area contributed by atoms with Crippen molar-refractivity contribution in [2.24, 2.45) is 0 Å². The molecule has 1 aliphatic rings. The van der Waals surface area contributed by atoms with Crippen LogP contribution in [0.5, 0.6) is 0 Å². The number of nitrogens with zero attached hydrogens (tertiary/aromatic N) is 2. The zero-order valence-corrected chi connectivity index (χ0v) is 15.0. The van der Waals surface area contributed by atoms with E-state index in [0.717, 1.165) is 25.2 Å². The molecule has 0 aromatic heterocycles. The highest BCUT2D eigenvalue weighted by atomic mass is 16.4. The van der Waals surface area contributed by atoms with E-state index in [1.54, 1.807) is 6.92 Å².